The largest absolute Gasteiger partial charge is 0.349 e. The second-order valence-corrected chi connectivity index (χ2v) is 8.07. The fraction of sp³-hybridized carbons (Fsp3) is 0.391. The monoisotopic (exact) mass is 392 g/mol. The lowest BCUT2D eigenvalue weighted by Gasteiger charge is -2.28. The summed E-state index contributed by atoms with van der Waals surface area (Å²) in [6.45, 7) is 2.48. The van der Waals surface area contributed by atoms with Gasteiger partial charge in [-0.2, -0.15) is 0 Å². The van der Waals surface area contributed by atoms with Crippen LogP contribution < -0.4 is 5.32 Å². The zero-order valence-electron chi connectivity index (χ0n) is 16.4. The van der Waals surface area contributed by atoms with Crippen molar-refractivity contribution >= 4 is 11.4 Å². The Kier molecular flexibility index (Phi) is 4.79. The van der Waals surface area contributed by atoms with E-state index in [1.807, 2.05) is 40.9 Å². The molecule has 5 rings (SSSR count). The Balaban J connectivity index is 1.38. The van der Waals surface area contributed by atoms with Crippen molar-refractivity contribution in [3.05, 3.63) is 71.6 Å². The van der Waals surface area contributed by atoms with Gasteiger partial charge in [-0.15, -0.1) is 0 Å². The van der Waals surface area contributed by atoms with Crippen molar-refractivity contribution in [2.45, 2.75) is 37.6 Å². The van der Waals surface area contributed by atoms with Gasteiger partial charge in [0.1, 0.15) is 11.6 Å². The number of amides is 1. The van der Waals surface area contributed by atoms with Crippen molar-refractivity contribution in [1.82, 2.24) is 19.6 Å². The minimum atomic E-state index is -0.241. The van der Waals surface area contributed by atoms with Gasteiger partial charge in [0, 0.05) is 18.7 Å². The van der Waals surface area contributed by atoms with Gasteiger partial charge in [-0.25, -0.2) is 9.37 Å². The Morgan fingerprint density at radius 2 is 1.90 bits per heavy atom. The smallest absolute Gasteiger partial charge is 0.272 e. The molecule has 1 N–H and O–H groups in total. The molecule has 1 atom stereocenters. The average Bonchev–Trinajstić information content (AvgIpc) is 3.30. The first-order valence-electron chi connectivity index (χ1n) is 10.5. The highest BCUT2D eigenvalue weighted by Crippen LogP contribution is 2.40. The summed E-state index contributed by atoms with van der Waals surface area (Å²) in [5.41, 5.74) is 2.38. The van der Waals surface area contributed by atoms with Gasteiger partial charge >= 0.3 is 0 Å². The quantitative estimate of drug-likeness (QED) is 0.692. The molecule has 0 radical (unpaired) electrons. The number of aromatic nitrogens is 2. The Morgan fingerprint density at radius 1 is 1.14 bits per heavy atom. The molecular formula is C23H25FN4O. The third-order valence-electron chi connectivity index (χ3n) is 6.03. The molecule has 2 aromatic heterocycles. The summed E-state index contributed by atoms with van der Waals surface area (Å²) < 4.78 is 15.4. The van der Waals surface area contributed by atoms with Crippen molar-refractivity contribution in [3.8, 4) is 0 Å². The number of halogens is 1. The molecule has 1 unspecified atom stereocenters. The maximum Gasteiger partial charge on any atom is 0.272 e. The first kappa shape index (κ1) is 18.3. The van der Waals surface area contributed by atoms with Crippen LogP contribution >= 0.6 is 0 Å². The highest BCUT2D eigenvalue weighted by molar-refractivity contribution is 5.99. The summed E-state index contributed by atoms with van der Waals surface area (Å²) in [6, 6.07) is 12.5. The standard InChI is InChI=1S/C23H25FN4O/c24-18-10-8-16(9-11-18)20(27-12-3-4-13-27)15-25-23(29)21-19-5-1-2-14-28(19)22(26-21)17-6-7-17/h1-2,5,8-11,14,17,20H,3-4,6-7,12-13,15H2,(H,25,29). The number of nitrogens with one attached hydrogen (secondary N) is 1. The summed E-state index contributed by atoms with van der Waals surface area (Å²) in [7, 11) is 0. The van der Waals surface area contributed by atoms with Crippen molar-refractivity contribution in [3.63, 3.8) is 0 Å². The molecule has 1 aliphatic heterocycles. The van der Waals surface area contributed by atoms with E-state index in [1.165, 1.54) is 12.1 Å². The number of benzene rings is 1. The SMILES string of the molecule is O=C(NCC(c1ccc(F)cc1)N1CCCC1)c1nc(C2CC2)n2ccccc12. The predicted molar refractivity (Wildman–Crippen MR) is 109 cm³/mol. The number of hydrogen-bond acceptors (Lipinski definition) is 3. The number of nitrogens with zero attached hydrogens (tertiary/aromatic N) is 3. The Hall–Kier alpha value is -2.73. The van der Waals surface area contributed by atoms with E-state index in [-0.39, 0.29) is 17.8 Å². The molecule has 1 saturated carbocycles. The van der Waals surface area contributed by atoms with Crippen LogP contribution in [-0.4, -0.2) is 39.8 Å². The van der Waals surface area contributed by atoms with E-state index in [2.05, 4.69) is 10.2 Å². The number of imidazole rings is 1. The van der Waals surface area contributed by atoms with Crippen molar-refractivity contribution < 1.29 is 9.18 Å². The summed E-state index contributed by atoms with van der Waals surface area (Å²) in [4.78, 5) is 20.1. The number of likely N-dealkylation sites (tertiary alicyclic amines) is 1. The van der Waals surface area contributed by atoms with Gasteiger partial charge in [0.15, 0.2) is 5.69 Å². The van der Waals surface area contributed by atoms with Crippen LogP contribution in [0.2, 0.25) is 0 Å². The number of rotatable bonds is 6. The summed E-state index contributed by atoms with van der Waals surface area (Å²) >= 11 is 0. The van der Waals surface area contributed by atoms with Crippen molar-refractivity contribution in [1.29, 1.82) is 0 Å². The number of carbonyl (C=O) groups excluding carboxylic acids is 1. The van der Waals surface area contributed by atoms with Gasteiger partial charge in [-0.1, -0.05) is 18.2 Å². The molecule has 1 saturated heterocycles. The molecule has 1 amide bonds. The first-order valence-corrected chi connectivity index (χ1v) is 10.5. The fourth-order valence-corrected chi connectivity index (χ4v) is 4.33. The van der Waals surface area contributed by atoms with Crippen LogP contribution in [0.25, 0.3) is 5.52 Å². The van der Waals surface area contributed by atoms with Crippen LogP contribution in [0.3, 0.4) is 0 Å². The second-order valence-electron chi connectivity index (χ2n) is 8.07. The normalized spacial score (nSPS) is 18.2. The summed E-state index contributed by atoms with van der Waals surface area (Å²) in [5.74, 6) is 1.06. The molecule has 29 heavy (non-hydrogen) atoms. The summed E-state index contributed by atoms with van der Waals surface area (Å²) in [6.07, 6.45) is 6.57. The van der Waals surface area contributed by atoms with E-state index in [4.69, 9.17) is 4.98 Å². The van der Waals surface area contributed by atoms with Crippen LogP contribution in [0, 0.1) is 5.82 Å². The lowest BCUT2D eigenvalue weighted by atomic mass is 10.1. The zero-order chi connectivity index (χ0) is 19.8. The van der Waals surface area contributed by atoms with Gasteiger partial charge < -0.3 is 9.72 Å². The molecule has 0 bridgehead atoms. The number of fused-ring (bicyclic) bond motifs is 1. The average molecular weight is 392 g/mol. The van der Waals surface area contributed by atoms with Crippen LogP contribution in [0.1, 0.15) is 59.5 Å². The first-order chi connectivity index (χ1) is 14.2. The number of carbonyl (C=O) groups is 1. The Morgan fingerprint density at radius 3 is 2.62 bits per heavy atom. The molecule has 1 aliphatic carbocycles. The predicted octanol–water partition coefficient (Wildman–Crippen LogP) is 3.92. The van der Waals surface area contributed by atoms with E-state index < -0.39 is 0 Å². The van der Waals surface area contributed by atoms with Crippen LogP contribution in [-0.2, 0) is 0 Å². The van der Waals surface area contributed by atoms with E-state index in [0.717, 1.165) is 55.7 Å². The molecular weight excluding hydrogens is 367 g/mol. The van der Waals surface area contributed by atoms with Crippen LogP contribution in [0.15, 0.2) is 48.7 Å². The highest BCUT2D eigenvalue weighted by atomic mass is 19.1. The van der Waals surface area contributed by atoms with E-state index in [1.54, 1.807) is 0 Å². The van der Waals surface area contributed by atoms with E-state index >= 15 is 0 Å². The molecule has 0 spiro atoms. The topological polar surface area (TPSA) is 49.6 Å². The van der Waals surface area contributed by atoms with Gasteiger partial charge in [-0.3, -0.25) is 9.69 Å². The maximum absolute atomic E-state index is 13.4. The van der Waals surface area contributed by atoms with Crippen molar-refractivity contribution in [2.24, 2.45) is 0 Å². The molecule has 150 valence electrons. The molecule has 1 aromatic carbocycles. The molecule has 3 heterocycles. The third-order valence-corrected chi connectivity index (χ3v) is 6.03. The van der Waals surface area contributed by atoms with Crippen molar-refractivity contribution in [2.75, 3.05) is 19.6 Å². The van der Waals surface area contributed by atoms with Gasteiger partial charge in [0.05, 0.1) is 11.6 Å². The minimum absolute atomic E-state index is 0.0406. The fourth-order valence-electron chi connectivity index (χ4n) is 4.33. The van der Waals surface area contributed by atoms with Crippen LogP contribution in [0.5, 0.6) is 0 Å². The highest BCUT2D eigenvalue weighted by Gasteiger charge is 2.31. The van der Waals surface area contributed by atoms with Gasteiger partial charge in [0.25, 0.3) is 5.91 Å². The molecule has 2 aliphatic rings. The van der Waals surface area contributed by atoms with E-state index in [0.29, 0.717) is 18.2 Å². The third kappa shape index (κ3) is 3.65. The minimum Gasteiger partial charge on any atom is -0.349 e. The molecule has 2 fully saturated rings. The van der Waals surface area contributed by atoms with Gasteiger partial charge in [-0.05, 0) is 68.6 Å². The summed E-state index contributed by atoms with van der Waals surface area (Å²) in [5, 5.41) is 3.10. The second kappa shape index (κ2) is 7.59. The molecule has 5 nitrogen and oxygen atoms in total. The molecule has 6 heteroatoms. The lowest BCUT2D eigenvalue weighted by Crippen LogP contribution is -2.37. The zero-order valence-corrected chi connectivity index (χ0v) is 16.4. The van der Waals surface area contributed by atoms with E-state index in [9.17, 15) is 9.18 Å². The molecule has 3 aromatic rings. The lowest BCUT2D eigenvalue weighted by molar-refractivity contribution is 0.0935. The Labute approximate surface area is 169 Å². The van der Waals surface area contributed by atoms with Gasteiger partial charge in [0.2, 0.25) is 0 Å². The maximum atomic E-state index is 13.4. The Bertz CT molecular complexity index is 1020. The van der Waals surface area contributed by atoms with Crippen LogP contribution in [0.4, 0.5) is 4.39 Å². The number of pyridine rings is 1. The number of hydrogen-bond donors (Lipinski definition) is 1.